The first-order valence-corrected chi connectivity index (χ1v) is 12.5. The highest BCUT2D eigenvalue weighted by Crippen LogP contribution is 2.35. The Hall–Kier alpha value is -2.93. The second-order valence-corrected chi connectivity index (χ2v) is 10.4. The second kappa shape index (κ2) is 8.54. The Bertz CT molecular complexity index is 1220. The summed E-state index contributed by atoms with van der Waals surface area (Å²) in [7, 11) is -1.59. The molecule has 0 bridgehead atoms. The lowest BCUT2D eigenvalue weighted by atomic mass is 9.92. The van der Waals surface area contributed by atoms with E-state index in [2.05, 4.69) is 64.6 Å². The van der Waals surface area contributed by atoms with Crippen LogP contribution in [0.4, 0.5) is 5.69 Å². The Balaban J connectivity index is 1.46. The number of anilines is 1. The van der Waals surface area contributed by atoms with Crippen molar-refractivity contribution in [2.24, 2.45) is 0 Å². The van der Waals surface area contributed by atoms with E-state index >= 15 is 0 Å². The number of hydrogen-bond acceptors (Lipinski definition) is 4. The van der Waals surface area contributed by atoms with Crippen molar-refractivity contribution in [2.45, 2.75) is 18.2 Å². The molecule has 2 N–H and O–H groups in total. The number of fused-ring (bicyclic) bond motifs is 2. The van der Waals surface area contributed by atoms with Gasteiger partial charge in [-0.15, -0.1) is 0 Å². The van der Waals surface area contributed by atoms with Gasteiger partial charge >= 0.3 is 0 Å². The highest BCUT2D eigenvalue weighted by atomic mass is 32.2. The summed E-state index contributed by atoms with van der Waals surface area (Å²) in [4.78, 5) is 1.95. The Labute approximate surface area is 189 Å². The van der Waals surface area contributed by atoms with Gasteiger partial charge in [0.25, 0.3) is 0 Å². The Kier molecular flexibility index (Phi) is 5.59. The zero-order valence-electron chi connectivity index (χ0n) is 18.1. The number of hydrogen-bond donors (Lipinski definition) is 2. The van der Waals surface area contributed by atoms with Crippen LogP contribution in [-0.2, 0) is 22.9 Å². The van der Waals surface area contributed by atoms with Crippen LogP contribution >= 0.6 is 0 Å². The third-order valence-electron chi connectivity index (χ3n) is 6.20. The van der Waals surface area contributed by atoms with Crippen molar-refractivity contribution >= 4 is 27.4 Å². The maximum atomic E-state index is 12.7. The minimum atomic E-state index is -3.49. The van der Waals surface area contributed by atoms with Crippen molar-refractivity contribution in [3.8, 4) is 0 Å². The molecule has 5 nitrogen and oxygen atoms in total. The fourth-order valence-corrected chi connectivity index (χ4v) is 5.85. The first-order chi connectivity index (χ1) is 15.5. The summed E-state index contributed by atoms with van der Waals surface area (Å²) in [6.07, 6.45) is 4.25. The molecule has 164 valence electrons. The van der Waals surface area contributed by atoms with E-state index in [1.165, 1.54) is 27.8 Å². The molecular formula is C26H27N3O2S. The van der Waals surface area contributed by atoms with Gasteiger partial charge in [-0.25, -0.2) is 8.42 Å². The zero-order chi connectivity index (χ0) is 22.1. The number of rotatable bonds is 4. The van der Waals surface area contributed by atoms with E-state index in [0.29, 0.717) is 18.9 Å². The maximum absolute atomic E-state index is 12.7. The molecule has 0 radical (unpaired) electrons. The van der Waals surface area contributed by atoms with Crippen LogP contribution < -0.4 is 10.0 Å². The topological polar surface area (TPSA) is 61.4 Å². The van der Waals surface area contributed by atoms with Gasteiger partial charge in [0.15, 0.2) is 0 Å². The Morgan fingerprint density at radius 2 is 1.50 bits per heavy atom. The average molecular weight is 446 g/mol. The molecule has 1 aliphatic heterocycles. The summed E-state index contributed by atoms with van der Waals surface area (Å²) < 4.78 is 28.0. The number of sulfonamides is 1. The minimum absolute atomic E-state index is 0.471. The zero-order valence-corrected chi connectivity index (χ0v) is 18.9. The van der Waals surface area contributed by atoms with Crippen molar-refractivity contribution in [3.05, 3.63) is 101 Å². The second-order valence-electron chi connectivity index (χ2n) is 8.53. The standard InChI is InChI=1S/C26H27N3O2S/c1-29-17-26(27-18-29)32(30,31)28-22-14-10-19(11-15-22)16-25-23-8-4-2-6-20(23)12-13-21-7-3-5-9-24(21)25/h2-11,14-16,26-28H,12-13,17-18H2,1H3. The van der Waals surface area contributed by atoms with Gasteiger partial charge in [0.05, 0.1) is 0 Å². The monoisotopic (exact) mass is 445 g/mol. The summed E-state index contributed by atoms with van der Waals surface area (Å²) in [6, 6.07) is 24.8. The Morgan fingerprint density at radius 1 is 0.906 bits per heavy atom. The van der Waals surface area contributed by atoms with Crippen molar-refractivity contribution in [3.63, 3.8) is 0 Å². The predicted octanol–water partition coefficient (Wildman–Crippen LogP) is 3.93. The van der Waals surface area contributed by atoms with E-state index in [1.54, 1.807) is 0 Å². The molecule has 0 amide bonds. The molecule has 1 aliphatic carbocycles. The lowest BCUT2D eigenvalue weighted by Crippen LogP contribution is -2.37. The molecule has 32 heavy (non-hydrogen) atoms. The van der Waals surface area contributed by atoms with E-state index in [1.807, 2.05) is 36.2 Å². The molecule has 0 saturated carbocycles. The molecule has 1 heterocycles. The first kappa shape index (κ1) is 20.9. The molecule has 1 fully saturated rings. The minimum Gasteiger partial charge on any atom is -0.291 e. The average Bonchev–Trinajstić information content (AvgIpc) is 3.18. The van der Waals surface area contributed by atoms with E-state index in [4.69, 9.17) is 0 Å². The summed E-state index contributed by atoms with van der Waals surface area (Å²) >= 11 is 0. The van der Waals surface area contributed by atoms with Gasteiger partial charge in [-0.05, 0) is 71.5 Å². The van der Waals surface area contributed by atoms with Gasteiger partial charge in [0, 0.05) is 18.9 Å². The molecule has 0 spiro atoms. The van der Waals surface area contributed by atoms with Crippen LogP contribution in [0.15, 0.2) is 72.8 Å². The van der Waals surface area contributed by atoms with E-state index < -0.39 is 15.4 Å². The molecule has 5 rings (SSSR count). The number of nitrogens with one attached hydrogen (secondary N) is 2. The molecule has 6 heteroatoms. The van der Waals surface area contributed by atoms with Crippen LogP contribution in [0.2, 0.25) is 0 Å². The normalized spacial score (nSPS) is 18.5. The summed E-state index contributed by atoms with van der Waals surface area (Å²) in [5.74, 6) is 0. The maximum Gasteiger partial charge on any atom is 0.250 e. The lowest BCUT2D eigenvalue weighted by Gasteiger charge is -2.14. The third kappa shape index (κ3) is 4.21. The largest absolute Gasteiger partial charge is 0.291 e. The molecule has 3 aromatic rings. The number of aryl methyl sites for hydroxylation is 2. The predicted molar refractivity (Wildman–Crippen MR) is 131 cm³/mol. The van der Waals surface area contributed by atoms with Gasteiger partial charge < -0.3 is 0 Å². The quantitative estimate of drug-likeness (QED) is 0.639. The summed E-state index contributed by atoms with van der Waals surface area (Å²) in [5, 5.41) is 2.42. The van der Waals surface area contributed by atoms with Crippen LogP contribution in [0.1, 0.15) is 27.8 Å². The SMILES string of the molecule is CN1CNC(S(=O)(=O)Nc2ccc(C=C3c4ccccc4CCc4ccccc43)cc2)C1. The lowest BCUT2D eigenvalue weighted by molar-refractivity contribution is 0.410. The number of likely N-dealkylation sites (N-methyl/N-ethyl adjacent to an activating group) is 1. The molecule has 3 aromatic carbocycles. The fourth-order valence-electron chi connectivity index (χ4n) is 4.50. The van der Waals surface area contributed by atoms with Crippen molar-refractivity contribution in [2.75, 3.05) is 25.0 Å². The third-order valence-corrected chi connectivity index (χ3v) is 7.79. The van der Waals surface area contributed by atoms with Crippen molar-refractivity contribution < 1.29 is 8.42 Å². The number of nitrogens with zero attached hydrogens (tertiary/aromatic N) is 1. The molecule has 1 atom stereocenters. The summed E-state index contributed by atoms with van der Waals surface area (Å²) in [5.41, 5.74) is 8.05. The van der Waals surface area contributed by atoms with Gasteiger partial charge in [0.2, 0.25) is 10.0 Å². The van der Waals surface area contributed by atoms with Crippen molar-refractivity contribution in [1.29, 1.82) is 0 Å². The van der Waals surface area contributed by atoms with Crippen LogP contribution in [0.25, 0.3) is 11.6 Å². The van der Waals surface area contributed by atoms with Crippen LogP contribution in [0.3, 0.4) is 0 Å². The summed E-state index contributed by atoms with van der Waals surface area (Å²) in [6.45, 7) is 1.04. The van der Waals surface area contributed by atoms with Gasteiger partial charge in [-0.3, -0.25) is 14.9 Å². The molecule has 1 saturated heterocycles. The van der Waals surface area contributed by atoms with Gasteiger partial charge in [0.1, 0.15) is 5.37 Å². The smallest absolute Gasteiger partial charge is 0.250 e. The van der Waals surface area contributed by atoms with Crippen LogP contribution in [-0.4, -0.2) is 39.0 Å². The van der Waals surface area contributed by atoms with Gasteiger partial charge in [-0.1, -0.05) is 60.7 Å². The van der Waals surface area contributed by atoms with Gasteiger partial charge in [-0.2, -0.15) is 0 Å². The highest BCUT2D eigenvalue weighted by Gasteiger charge is 2.31. The van der Waals surface area contributed by atoms with Crippen molar-refractivity contribution in [1.82, 2.24) is 10.2 Å². The number of benzene rings is 3. The molecular weight excluding hydrogens is 418 g/mol. The van der Waals surface area contributed by atoms with E-state index in [-0.39, 0.29) is 0 Å². The molecule has 1 unspecified atom stereocenters. The van der Waals surface area contributed by atoms with E-state index in [9.17, 15) is 8.42 Å². The fraction of sp³-hybridized carbons (Fsp3) is 0.231. The molecule has 0 aromatic heterocycles. The first-order valence-electron chi connectivity index (χ1n) is 10.9. The van der Waals surface area contributed by atoms with Crippen LogP contribution in [0, 0.1) is 0 Å². The Morgan fingerprint density at radius 3 is 2.06 bits per heavy atom. The highest BCUT2D eigenvalue weighted by molar-refractivity contribution is 7.93. The molecule has 2 aliphatic rings. The van der Waals surface area contributed by atoms with E-state index in [0.717, 1.165) is 18.4 Å². The van der Waals surface area contributed by atoms with Crippen LogP contribution in [0.5, 0.6) is 0 Å².